The Morgan fingerprint density at radius 1 is 0.517 bits per heavy atom. The second kappa shape index (κ2) is 8.59. The Kier molecular flexibility index (Phi) is 5.96. The third kappa shape index (κ3) is 3.58. The average molecular weight is 401 g/mol. The summed E-state index contributed by atoms with van der Waals surface area (Å²) in [4.78, 5) is 0. The first-order valence-electron chi connectivity index (χ1n) is 8.63. The van der Waals surface area contributed by atoms with Crippen LogP contribution < -0.4 is 28.4 Å². The third-order valence-electron chi connectivity index (χ3n) is 4.42. The van der Waals surface area contributed by atoms with Crippen LogP contribution in [0.1, 0.15) is 0 Å². The van der Waals surface area contributed by atoms with Crippen LogP contribution in [0, 0.1) is 0 Å². The number of rotatable bonds is 8. The largest absolute Gasteiger partial charge is 0.493 e. The second-order valence-corrected chi connectivity index (χ2v) is 5.85. The summed E-state index contributed by atoms with van der Waals surface area (Å²) in [5.74, 6) is 3.05. The molecule has 0 fully saturated rings. The highest BCUT2D eigenvalue weighted by Crippen LogP contribution is 2.45. The average Bonchev–Trinajstić information content (AvgIpc) is 3.26. The quantitative estimate of drug-likeness (QED) is 0.615. The van der Waals surface area contributed by atoms with Crippen molar-refractivity contribution in [1.82, 2.24) is 15.4 Å². The van der Waals surface area contributed by atoms with E-state index in [9.17, 15) is 0 Å². The summed E-state index contributed by atoms with van der Waals surface area (Å²) in [5, 5.41) is 11.3. The topological polar surface area (TPSA) is 97.0 Å². The van der Waals surface area contributed by atoms with E-state index >= 15 is 0 Å². The molecule has 9 nitrogen and oxygen atoms in total. The normalized spacial score (nSPS) is 10.4. The molecule has 0 spiro atoms. The van der Waals surface area contributed by atoms with Gasteiger partial charge in [0, 0.05) is 11.1 Å². The van der Waals surface area contributed by atoms with Crippen molar-refractivity contribution in [2.45, 2.75) is 0 Å². The van der Waals surface area contributed by atoms with Crippen molar-refractivity contribution >= 4 is 0 Å². The molecule has 3 aromatic rings. The van der Waals surface area contributed by atoms with E-state index in [2.05, 4.69) is 15.4 Å². The van der Waals surface area contributed by atoms with E-state index in [1.165, 1.54) is 0 Å². The minimum Gasteiger partial charge on any atom is -0.493 e. The maximum atomic E-state index is 5.45. The van der Waals surface area contributed by atoms with Gasteiger partial charge in [-0.05, 0) is 24.3 Å². The highest BCUT2D eigenvalue weighted by atomic mass is 16.5. The molecule has 1 N–H and O–H groups in total. The molecule has 154 valence electrons. The van der Waals surface area contributed by atoms with Gasteiger partial charge in [0.25, 0.3) is 0 Å². The van der Waals surface area contributed by atoms with Crippen molar-refractivity contribution in [1.29, 1.82) is 0 Å². The smallest absolute Gasteiger partial charge is 0.203 e. The van der Waals surface area contributed by atoms with Crippen LogP contribution in [0.5, 0.6) is 34.5 Å². The van der Waals surface area contributed by atoms with E-state index in [0.29, 0.717) is 45.9 Å². The van der Waals surface area contributed by atoms with E-state index in [4.69, 9.17) is 28.4 Å². The standard InChI is InChI=1S/C20H23N3O6/c1-24-13-7-11(8-14(25-2)19(13)28-5)17-18(22-23-21-17)12-9-15(26-3)20(29-6)16(10-12)27-4/h7-10H,1-6H3,(H,21,22,23). The number of aromatic nitrogens is 3. The number of hydrogen-bond acceptors (Lipinski definition) is 8. The molecule has 1 heterocycles. The summed E-state index contributed by atoms with van der Waals surface area (Å²) >= 11 is 0. The van der Waals surface area contributed by atoms with Crippen LogP contribution in [-0.2, 0) is 0 Å². The van der Waals surface area contributed by atoms with Crippen LogP contribution in [0.15, 0.2) is 24.3 Å². The van der Waals surface area contributed by atoms with Gasteiger partial charge in [0.15, 0.2) is 23.0 Å². The number of nitrogens with one attached hydrogen (secondary N) is 1. The SMILES string of the molecule is COc1cc(-c2n[nH]nc2-c2cc(OC)c(OC)c(OC)c2)cc(OC)c1OC. The predicted octanol–water partition coefficient (Wildman–Crippen LogP) is 3.19. The molecule has 2 aromatic carbocycles. The van der Waals surface area contributed by atoms with Gasteiger partial charge in [-0.1, -0.05) is 0 Å². The monoisotopic (exact) mass is 401 g/mol. The van der Waals surface area contributed by atoms with Gasteiger partial charge >= 0.3 is 0 Å². The Labute approximate surface area is 168 Å². The first-order valence-corrected chi connectivity index (χ1v) is 8.63. The highest BCUT2D eigenvalue weighted by Gasteiger charge is 2.21. The summed E-state index contributed by atoms with van der Waals surface area (Å²) < 4.78 is 32.6. The predicted molar refractivity (Wildman–Crippen MR) is 107 cm³/mol. The van der Waals surface area contributed by atoms with E-state index in [-0.39, 0.29) is 0 Å². The van der Waals surface area contributed by atoms with E-state index < -0.39 is 0 Å². The van der Waals surface area contributed by atoms with E-state index in [0.717, 1.165) is 11.1 Å². The lowest BCUT2D eigenvalue weighted by atomic mass is 10.0. The van der Waals surface area contributed by atoms with Gasteiger partial charge in [0.05, 0.1) is 42.7 Å². The van der Waals surface area contributed by atoms with Crippen molar-refractivity contribution in [3.8, 4) is 57.0 Å². The zero-order valence-corrected chi connectivity index (χ0v) is 17.2. The number of aromatic amines is 1. The van der Waals surface area contributed by atoms with Gasteiger partial charge in [-0.15, -0.1) is 0 Å². The Morgan fingerprint density at radius 3 is 1.07 bits per heavy atom. The van der Waals surface area contributed by atoms with Crippen LogP contribution in [0.2, 0.25) is 0 Å². The van der Waals surface area contributed by atoms with Crippen molar-refractivity contribution in [2.24, 2.45) is 0 Å². The fourth-order valence-corrected chi connectivity index (χ4v) is 3.07. The maximum Gasteiger partial charge on any atom is 0.203 e. The van der Waals surface area contributed by atoms with Gasteiger partial charge in [0.2, 0.25) is 11.5 Å². The van der Waals surface area contributed by atoms with Gasteiger partial charge < -0.3 is 28.4 Å². The summed E-state index contributed by atoms with van der Waals surface area (Å²) in [6, 6.07) is 7.22. The van der Waals surface area contributed by atoms with Crippen LogP contribution >= 0.6 is 0 Å². The molecule has 3 rings (SSSR count). The van der Waals surface area contributed by atoms with Crippen LogP contribution in [-0.4, -0.2) is 58.1 Å². The lowest BCUT2D eigenvalue weighted by Gasteiger charge is -2.15. The first-order chi connectivity index (χ1) is 14.1. The number of ether oxygens (including phenoxy) is 6. The molecule has 0 aliphatic carbocycles. The molecular weight excluding hydrogens is 378 g/mol. The Bertz CT molecular complexity index is 874. The molecule has 0 saturated carbocycles. The second-order valence-electron chi connectivity index (χ2n) is 5.85. The van der Waals surface area contributed by atoms with Gasteiger partial charge in [-0.3, -0.25) is 0 Å². The fraction of sp³-hybridized carbons (Fsp3) is 0.300. The molecule has 0 radical (unpaired) electrons. The zero-order valence-electron chi connectivity index (χ0n) is 17.2. The molecule has 0 saturated heterocycles. The molecule has 0 unspecified atom stereocenters. The molecule has 1 aromatic heterocycles. The number of nitrogens with zero attached hydrogens (tertiary/aromatic N) is 2. The summed E-state index contributed by atoms with van der Waals surface area (Å²) in [6.45, 7) is 0. The van der Waals surface area contributed by atoms with Gasteiger partial charge in [-0.2, -0.15) is 15.4 Å². The lowest BCUT2D eigenvalue weighted by Crippen LogP contribution is -1.97. The van der Waals surface area contributed by atoms with Crippen LogP contribution in [0.25, 0.3) is 22.5 Å². The number of benzene rings is 2. The lowest BCUT2D eigenvalue weighted by molar-refractivity contribution is 0.324. The number of methoxy groups -OCH3 is 6. The zero-order chi connectivity index (χ0) is 21.0. The molecule has 0 amide bonds. The van der Waals surface area contributed by atoms with Crippen molar-refractivity contribution in [2.75, 3.05) is 42.7 Å². The van der Waals surface area contributed by atoms with Gasteiger partial charge in [-0.25, -0.2) is 0 Å². The number of H-pyrrole nitrogens is 1. The van der Waals surface area contributed by atoms with Crippen LogP contribution in [0.3, 0.4) is 0 Å². The number of hydrogen-bond donors (Lipinski definition) is 1. The van der Waals surface area contributed by atoms with Crippen LogP contribution in [0.4, 0.5) is 0 Å². The molecule has 0 bridgehead atoms. The van der Waals surface area contributed by atoms with Crippen molar-refractivity contribution in [3.63, 3.8) is 0 Å². The summed E-state index contributed by atoms with van der Waals surface area (Å²) in [6.07, 6.45) is 0. The molecule has 0 aliphatic rings. The molecule has 0 atom stereocenters. The molecule has 9 heteroatoms. The summed E-state index contributed by atoms with van der Waals surface area (Å²) in [5.41, 5.74) is 2.66. The van der Waals surface area contributed by atoms with Crippen molar-refractivity contribution in [3.05, 3.63) is 24.3 Å². The Morgan fingerprint density at radius 2 is 0.828 bits per heavy atom. The third-order valence-corrected chi connectivity index (χ3v) is 4.42. The minimum atomic E-state index is 0.497. The first kappa shape index (κ1) is 20.1. The Balaban J connectivity index is 2.19. The molecule has 29 heavy (non-hydrogen) atoms. The highest BCUT2D eigenvalue weighted by molar-refractivity contribution is 5.82. The Hall–Kier alpha value is -3.62. The van der Waals surface area contributed by atoms with E-state index in [1.807, 2.05) is 0 Å². The minimum absolute atomic E-state index is 0.497. The maximum absolute atomic E-state index is 5.45. The van der Waals surface area contributed by atoms with E-state index in [1.54, 1.807) is 66.9 Å². The van der Waals surface area contributed by atoms with Gasteiger partial charge in [0.1, 0.15) is 11.4 Å². The van der Waals surface area contributed by atoms with Crippen molar-refractivity contribution < 1.29 is 28.4 Å². The molecular formula is C20H23N3O6. The fourth-order valence-electron chi connectivity index (χ4n) is 3.07. The molecule has 0 aliphatic heterocycles. The summed E-state index contributed by atoms with van der Waals surface area (Å²) in [7, 11) is 9.34.